The van der Waals surface area contributed by atoms with Crippen molar-refractivity contribution in [2.75, 3.05) is 23.7 Å². The zero-order chi connectivity index (χ0) is 11.5. The van der Waals surface area contributed by atoms with Gasteiger partial charge in [0, 0.05) is 18.7 Å². The van der Waals surface area contributed by atoms with Crippen LogP contribution in [0.3, 0.4) is 0 Å². The Hall–Kier alpha value is -1.32. The van der Waals surface area contributed by atoms with E-state index >= 15 is 0 Å². The summed E-state index contributed by atoms with van der Waals surface area (Å²) in [6.45, 7) is 8.01. The Kier molecular flexibility index (Phi) is 3.27. The Balaban J connectivity index is 2.13. The molecule has 2 rings (SSSR count). The van der Waals surface area contributed by atoms with Crippen LogP contribution in [0.25, 0.3) is 0 Å². The summed E-state index contributed by atoms with van der Waals surface area (Å²) in [4.78, 5) is 8.86. The molecule has 0 unspecified atom stereocenters. The highest BCUT2D eigenvalue weighted by Crippen LogP contribution is 2.29. The van der Waals surface area contributed by atoms with Crippen molar-refractivity contribution in [3.05, 3.63) is 11.4 Å². The molecule has 0 amide bonds. The lowest BCUT2D eigenvalue weighted by atomic mass is 10.3. The molecule has 0 aromatic carbocycles. The highest BCUT2D eigenvalue weighted by molar-refractivity contribution is 5.57. The highest BCUT2D eigenvalue weighted by Gasteiger charge is 2.21. The average Bonchev–Trinajstić information content (AvgIpc) is 3.05. The van der Waals surface area contributed by atoms with Gasteiger partial charge in [-0.05, 0) is 39.5 Å². The van der Waals surface area contributed by atoms with E-state index in [1.54, 1.807) is 0 Å². The normalized spacial score (nSPS) is 14.9. The zero-order valence-corrected chi connectivity index (χ0v) is 10.3. The minimum Gasteiger partial charge on any atom is -0.370 e. The highest BCUT2D eigenvalue weighted by atomic mass is 15.1. The van der Waals surface area contributed by atoms with Crippen LogP contribution < -0.4 is 10.6 Å². The first-order valence-electron chi connectivity index (χ1n) is 6.03. The lowest BCUT2D eigenvalue weighted by molar-refractivity contribution is 0.874. The molecule has 0 aliphatic heterocycles. The van der Waals surface area contributed by atoms with Gasteiger partial charge >= 0.3 is 0 Å². The Morgan fingerprint density at radius 2 is 1.75 bits per heavy atom. The van der Waals surface area contributed by atoms with Gasteiger partial charge < -0.3 is 10.6 Å². The van der Waals surface area contributed by atoms with E-state index in [2.05, 4.69) is 34.4 Å². The van der Waals surface area contributed by atoms with E-state index in [9.17, 15) is 0 Å². The maximum absolute atomic E-state index is 4.45. The topological polar surface area (TPSA) is 49.8 Å². The summed E-state index contributed by atoms with van der Waals surface area (Å²) in [7, 11) is 0. The molecule has 1 aliphatic rings. The van der Waals surface area contributed by atoms with Gasteiger partial charge in [-0.15, -0.1) is 0 Å². The van der Waals surface area contributed by atoms with E-state index < -0.39 is 0 Å². The third kappa shape index (κ3) is 2.62. The minimum absolute atomic E-state index is 0.819. The molecule has 0 saturated heterocycles. The molecule has 4 heteroatoms. The van der Waals surface area contributed by atoms with Crippen molar-refractivity contribution in [1.82, 2.24) is 9.97 Å². The summed E-state index contributed by atoms with van der Waals surface area (Å²) in [5.74, 6) is 3.61. The van der Waals surface area contributed by atoms with Gasteiger partial charge in [-0.25, -0.2) is 9.97 Å². The summed E-state index contributed by atoms with van der Waals surface area (Å²) >= 11 is 0. The van der Waals surface area contributed by atoms with E-state index in [4.69, 9.17) is 0 Å². The molecule has 0 atom stereocenters. The van der Waals surface area contributed by atoms with Crippen molar-refractivity contribution in [2.45, 2.75) is 33.6 Å². The smallest absolute Gasteiger partial charge is 0.134 e. The van der Waals surface area contributed by atoms with Crippen molar-refractivity contribution in [1.29, 1.82) is 0 Å². The van der Waals surface area contributed by atoms with Gasteiger partial charge in [0.25, 0.3) is 0 Å². The SMILES string of the molecule is CCNc1nc(C)nc(NCC2CC2)c1C. The van der Waals surface area contributed by atoms with Crippen molar-refractivity contribution in [3.8, 4) is 0 Å². The number of aromatic nitrogens is 2. The lowest BCUT2D eigenvalue weighted by Crippen LogP contribution is -2.11. The fourth-order valence-corrected chi connectivity index (χ4v) is 1.70. The van der Waals surface area contributed by atoms with Gasteiger partial charge in [-0.3, -0.25) is 0 Å². The molecular formula is C12H20N4. The average molecular weight is 220 g/mol. The number of anilines is 2. The molecule has 1 aliphatic carbocycles. The molecule has 1 fully saturated rings. The summed E-state index contributed by atoms with van der Waals surface area (Å²) in [6.07, 6.45) is 2.71. The second-order valence-electron chi connectivity index (χ2n) is 4.45. The molecule has 0 spiro atoms. The van der Waals surface area contributed by atoms with E-state index in [-0.39, 0.29) is 0 Å². The number of rotatable bonds is 5. The first-order chi connectivity index (χ1) is 7.70. The first-order valence-corrected chi connectivity index (χ1v) is 6.03. The maximum atomic E-state index is 4.45. The van der Waals surface area contributed by atoms with Crippen LogP contribution in [0.1, 0.15) is 31.2 Å². The molecule has 1 aromatic rings. The number of hydrogen-bond acceptors (Lipinski definition) is 4. The van der Waals surface area contributed by atoms with E-state index in [1.807, 2.05) is 6.92 Å². The van der Waals surface area contributed by atoms with Crippen LogP contribution >= 0.6 is 0 Å². The van der Waals surface area contributed by atoms with Crippen LogP contribution in [-0.2, 0) is 0 Å². The summed E-state index contributed by atoms with van der Waals surface area (Å²) in [5.41, 5.74) is 1.12. The van der Waals surface area contributed by atoms with E-state index in [0.29, 0.717) is 0 Å². The van der Waals surface area contributed by atoms with Crippen LogP contribution in [0.2, 0.25) is 0 Å². The number of nitrogens with zero attached hydrogens (tertiary/aromatic N) is 2. The predicted octanol–water partition coefficient (Wildman–Crippen LogP) is 2.35. The lowest BCUT2D eigenvalue weighted by Gasteiger charge is -2.13. The fraction of sp³-hybridized carbons (Fsp3) is 0.667. The molecule has 88 valence electrons. The van der Waals surface area contributed by atoms with Crippen molar-refractivity contribution >= 4 is 11.6 Å². The quantitative estimate of drug-likeness (QED) is 0.799. The minimum atomic E-state index is 0.819. The third-order valence-corrected chi connectivity index (χ3v) is 2.86. The zero-order valence-electron chi connectivity index (χ0n) is 10.3. The summed E-state index contributed by atoms with van der Waals surface area (Å²) in [5, 5.41) is 6.69. The molecule has 1 heterocycles. The number of nitrogens with one attached hydrogen (secondary N) is 2. The van der Waals surface area contributed by atoms with Crippen LogP contribution in [0, 0.1) is 19.8 Å². The Labute approximate surface area is 96.9 Å². The Morgan fingerprint density at radius 3 is 2.31 bits per heavy atom. The number of aryl methyl sites for hydroxylation is 1. The molecule has 1 saturated carbocycles. The standard InChI is InChI=1S/C12H20N4/c1-4-13-11-8(2)12(16-9(3)15-11)14-7-10-5-6-10/h10H,4-7H2,1-3H3,(H2,13,14,15,16). The third-order valence-electron chi connectivity index (χ3n) is 2.86. The predicted molar refractivity (Wildman–Crippen MR) is 66.9 cm³/mol. The Bertz CT molecular complexity index is 372. The molecule has 0 radical (unpaired) electrons. The van der Waals surface area contributed by atoms with Crippen molar-refractivity contribution in [3.63, 3.8) is 0 Å². The van der Waals surface area contributed by atoms with Gasteiger partial charge in [-0.1, -0.05) is 0 Å². The molecule has 1 aromatic heterocycles. The largest absolute Gasteiger partial charge is 0.370 e. The van der Waals surface area contributed by atoms with E-state index in [0.717, 1.165) is 42.0 Å². The Morgan fingerprint density at radius 1 is 1.12 bits per heavy atom. The van der Waals surface area contributed by atoms with Crippen LogP contribution in [0.4, 0.5) is 11.6 Å². The van der Waals surface area contributed by atoms with Gasteiger partial charge in [0.05, 0.1) is 0 Å². The second kappa shape index (κ2) is 4.68. The fourth-order valence-electron chi connectivity index (χ4n) is 1.70. The molecule has 4 nitrogen and oxygen atoms in total. The van der Waals surface area contributed by atoms with Crippen molar-refractivity contribution < 1.29 is 0 Å². The first kappa shape index (κ1) is 11.2. The molecule has 2 N–H and O–H groups in total. The molecule has 0 bridgehead atoms. The van der Waals surface area contributed by atoms with Gasteiger partial charge in [0.1, 0.15) is 17.5 Å². The second-order valence-corrected chi connectivity index (χ2v) is 4.45. The van der Waals surface area contributed by atoms with Gasteiger partial charge in [0.2, 0.25) is 0 Å². The van der Waals surface area contributed by atoms with Crippen LogP contribution in [0.15, 0.2) is 0 Å². The monoisotopic (exact) mass is 220 g/mol. The number of hydrogen-bond donors (Lipinski definition) is 2. The summed E-state index contributed by atoms with van der Waals surface area (Å²) < 4.78 is 0. The maximum Gasteiger partial charge on any atom is 0.134 e. The van der Waals surface area contributed by atoms with Gasteiger partial charge in [0.15, 0.2) is 0 Å². The van der Waals surface area contributed by atoms with Crippen LogP contribution in [0.5, 0.6) is 0 Å². The molecule has 16 heavy (non-hydrogen) atoms. The summed E-state index contributed by atoms with van der Waals surface area (Å²) in [6, 6.07) is 0. The van der Waals surface area contributed by atoms with Gasteiger partial charge in [-0.2, -0.15) is 0 Å². The van der Waals surface area contributed by atoms with Crippen LogP contribution in [-0.4, -0.2) is 23.1 Å². The van der Waals surface area contributed by atoms with Crippen molar-refractivity contribution in [2.24, 2.45) is 5.92 Å². The van der Waals surface area contributed by atoms with E-state index in [1.165, 1.54) is 12.8 Å². The molecular weight excluding hydrogens is 200 g/mol.